The predicted molar refractivity (Wildman–Crippen MR) is 103 cm³/mol. The lowest BCUT2D eigenvalue weighted by Crippen LogP contribution is -2.49. The van der Waals surface area contributed by atoms with Crippen molar-refractivity contribution in [3.63, 3.8) is 0 Å². The quantitative estimate of drug-likeness (QED) is 0.754. The second-order valence-corrected chi connectivity index (χ2v) is 6.97. The summed E-state index contributed by atoms with van der Waals surface area (Å²) >= 11 is 0. The Bertz CT molecular complexity index is 891. The van der Waals surface area contributed by atoms with Crippen LogP contribution in [0.15, 0.2) is 30.6 Å². The standard InChI is InChI=1S/C19H21FN6O2/c20-13-9-12-4-5-16(27)25-17(12)15(10-13)24-19(28)23-14-3-1-8-26(11-14)18-21-6-2-7-22-18/h2,6-7,9-10,14H,1,3-5,8,11H2,(H,25,27)(H2,23,24,28)/t14-/m1/s1. The smallest absolute Gasteiger partial charge is 0.319 e. The van der Waals surface area contributed by atoms with Crippen molar-refractivity contribution >= 4 is 29.3 Å². The fourth-order valence-corrected chi connectivity index (χ4v) is 3.63. The Balaban J connectivity index is 1.42. The predicted octanol–water partition coefficient (Wildman–Crippen LogP) is 2.29. The van der Waals surface area contributed by atoms with Crippen LogP contribution in [0.5, 0.6) is 0 Å². The number of aryl methyl sites for hydroxylation is 1. The van der Waals surface area contributed by atoms with Crippen molar-refractivity contribution in [1.29, 1.82) is 0 Å². The first kappa shape index (κ1) is 18.1. The van der Waals surface area contributed by atoms with Crippen LogP contribution < -0.4 is 20.9 Å². The summed E-state index contributed by atoms with van der Waals surface area (Å²) < 4.78 is 13.9. The van der Waals surface area contributed by atoms with Crippen molar-refractivity contribution in [2.45, 2.75) is 31.7 Å². The van der Waals surface area contributed by atoms with Crippen LogP contribution >= 0.6 is 0 Å². The molecule has 28 heavy (non-hydrogen) atoms. The van der Waals surface area contributed by atoms with Crippen LogP contribution in [0.1, 0.15) is 24.8 Å². The van der Waals surface area contributed by atoms with Crippen LogP contribution in [0, 0.1) is 5.82 Å². The molecule has 3 heterocycles. The lowest BCUT2D eigenvalue weighted by molar-refractivity contribution is -0.116. The van der Waals surface area contributed by atoms with Gasteiger partial charge in [0.1, 0.15) is 5.82 Å². The second kappa shape index (κ2) is 7.79. The minimum atomic E-state index is -0.449. The minimum Gasteiger partial charge on any atom is -0.339 e. The second-order valence-electron chi connectivity index (χ2n) is 6.97. The summed E-state index contributed by atoms with van der Waals surface area (Å²) in [6.07, 6.45) is 5.86. The molecule has 4 rings (SSSR count). The maximum absolute atomic E-state index is 13.9. The SMILES string of the molecule is O=C1CCc2cc(F)cc(NC(=O)N[C@@H]3CCCN(c4ncccn4)C3)c2N1. The van der Waals surface area contributed by atoms with Crippen molar-refractivity contribution in [2.75, 3.05) is 28.6 Å². The number of rotatable bonds is 3. The molecule has 0 spiro atoms. The van der Waals surface area contributed by atoms with Crippen molar-refractivity contribution in [1.82, 2.24) is 15.3 Å². The van der Waals surface area contributed by atoms with Gasteiger partial charge in [-0.05, 0) is 43.0 Å². The Morgan fingerprint density at radius 2 is 2.07 bits per heavy atom. The van der Waals surface area contributed by atoms with Gasteiger partial charge in [0.2, 0.25) is 11.9 Å². The normalized spacial score (nSPS) is 18.8. The third-order valence-corrected chi connectivity index (χ3v) is 4.91. The summed E-state index contributed by atoms with van der Waals surface area (Å²) in [4.78, 5) is 34.7. The highest BCUT2D eigenvalue weighted by Crippen LogP contribution is 2.32. The van der Waals surface area contributed by atoms with Gasteiger partial charge in [-0.3, -0.25) is 4.79 Å². The topological polar surface area (TPSA) is 99.3 Å². The van der Waals surface area contributed by atoms with Crippen LogP contribution in [-0.4, -0.2) is 41.0 Å². The summed E-state index contributed by atoms with van der Waals surface area (Å²) in [5.74, 6) is 0.0416. The summed E-state index contributed by atoms with van der Waals surface area (Å²) in [5.41, 5.74) is 1.41. The van der Waals surface area contributed by atoms with Gasteiger partial charge >= 0.3 is 6.03 Å². The molecule has 1 saturated heterocycles. The van der Waals surface area contributed by atoms with Gasteiger partial charge in [-0.2, -0.15) is 0 Å². The maximum Gasteiger partial charge on any atom is 0.319 e. The van der Waals surface area contributed by atoms with Crippen LogP contribution in [0.2, 0.25) is 0 Å². The molecule has 1 aromatic carbocycles. The molecule has 1 fully saturated rings. The Kier molecular flexibility index (Phi) is 5.05. The van der Waals surface area contributed by atoms with E-state index in [-0.39, 0.29) is 17.6 Å². The molecule has 0 bridgehead atoms. The molecular weight excluding hydrogens is 363 g/mol. The third kappa shape index (κ3) is 4.03. The number of halogens is 1. The van der Waals surface area contributed by atoms with E-state index >= 15 is 0 Å². The van der Waals surface area contributed by atoms with Crippen LogP contribution in [0.25, 0.3) is 0 Å². The Morgan fingerprint density at radius 1 is 1.25 bits per heavy atom. The Labute approximate surface area is 161 Å². The molecule has 0 radical (unpaired) electrons. The highest BCUT2D eigenvalue weighted by atomic mass is 19.1. The number of anilines is 3. The van der Waals surface area contributed by atoms with E-state index < -0.39 is 11.8 Å². The van der Waals surface area contributed by atoms with Gasteiger partial charge in [-0.15, -0.1) is 0 Å². The lowest BCUT2D eigenvalue weighted by atomic mass is 10.0. The van der Waals surface area contributed by atoms with Crippen molar-refractivity contribution < 1.29 is 14.0 Å². The van der Waals surface area contributed by atoms with E-state index in [2.05, 4.69) is 25.9 Å². The highest BCUT2D eigenvalue weighted by Gasteiger charge is 2.24. The maximum atomic E-state index is 13.9. The van der Waals surface area contributed by atoms with Crippen molar-refractivity contribution in [3.05, 3.63) is 42.0 Å². The molecule has 9 heteroatoms. The van der Waals surface area contributed by atoms with Gasteiger partial charge in [-0.25, -0.2) is 19.2 Å². The number of fused-ring (bicyclic) bond motifs is 1. The number of carbonyl (C=O) groups excluding carboxylic acids is 2. The first-order chi connectivity index (χ1) is 13.6. The summed E-state index contributed by atoms with van der Waals surface area (Å²) in [6, 6.07) is 3.84. The Hall–Kier alpha value is -3.23. The molecule has 1 aromatic heterocycles. The monoisotopic (exact) mass is 384 g/mol. The number of aromatic nitrogens is 2. The number of nitrogens with zero attached hydrogens (tertiary/aromatic N) is 3. The molecular formula is C19H21FN6O2. The molecule has 1 atom stereocenters. The number of piperidine rings is 1. The van der Waals surface area contributed by atoms with E-state index in [1.165, 1.54) is 12.1 Å². The van der Waals surface area contributed by atoms with Gasteiger partial charge in [0.15, 0.2) is 0 Å². The molecule has 2 aliphatic rings. The largest absolute Gasteiger partial charge is 0.339 e. The fourth-order valence-electron chi connectivity index (χ4n) is 3.63. The molecule has 2 aromatic rings. The fraction of sp³-hybridized carbons (Fsp3) is 0.368. The van der Waals surface area contributed by atoms with E-state index in [0.717, 1.165) is 19.4 Å². The summed E-state index contributed by atoms with van der Waals surface area (Å²) in [5, 5.41) is 8.32. The number of hydrogen-bond acceptors (Lipinski definition) is 5. The van der Waals surface area contributed by atoms with E-state index in [0.29, 0.717) is 36.6 Å². The van der Waals surface area contributed by atoms with Crippen molar-refractivity contribution in [2.24, 2.45) is 0 Å². The number of hydrogen-bond donors (Lipinski definition) is 3. The Morgan fingerprint density at radius 3 is 2.89 bits per heavy atom. The number of benzene rings is 1. The molecule has 146 valence electrons. The number of urea groups is 1. The molecule has 0 saturated carbocycles. The van der Waals surface area contributed by atoms with Gasteiger partial charge in [0.25, 0.3) is 0 Å². The van der Waals surface area contributed by atoms with Crippen LogP contribution in [0.3, 0.4) is 0 Å². The molecule has 2 aliphatic heterocycles. The lowest BCUT2D eigenvalue weighted by Gasteiger charge is -2.33. The molecule has 8 nitrogen and oxygen atoms in total. The summed E-state index contributed by atoms with van der Waals surface area (Å²) in [7, 11) is 0. The summed E-state index contributed by atoms with van der Waals surface area (Å²) in [6.45, 7) is 1.42. The average molecular weight is 384 g/mol. The highest BCUT2D eigenvalue weighted by molar-refractivity contribution is 6.01. The minimum absolute atomic E-state index is 0.0865. The van der Waals surface area contributed by atoms with E-state index in [4.69, 9.17) is 0 Å². The zero-order valence-electron chi connectivity index (χ0n) is 15.2. The van der Waals surface area contributed by atoms with Crippen LogP contribution in [-0.2, 0) is 11.2 Å². The average Bonchev–Trinajstić information content (AvgIpc) is 2.69. The molecule has 0 aliphatic carbocycles. The van der Waals surface area contributed by atoms with E-state index in [1.54, 1.807) is 18.5 Å². The zero-order chi connectivity index (χ0) is 19.5. The zero-order valence-corrected chi connectivity index (χ0v) is 15.2. The van der Waals surface area contributed by atoms with Gasteiger partial charge in [-0.1, -0.05) is 0 Å². The number of carbonyl (C=O) groups is 2. The number of amides is 3. The number of nitrogens with one attached hydrogen (secondary N) is 3. The first-order valence-corrected chi connectivity index (χ1v) is 9.30. The molecule has 3 N–H and O–H groups in total. The van der Waals surface area contributed by atoms with Gasteiger partial charge < -0.3 is 20.9 Å². The van der Waals surface area contributed by atoms with Gasteiger partial charge in [0.05, 0.1) is 11.4 Å². The molecule has 0 unspecified atom stereocenters. The van der Waals surface area contributed by atoms with Gasteiger partial charge in [0, 0.05) is 37.9 Å². The molecule has 3 amide bonds. The third-order valence-electron chi connectivity index (χ3n) is 4.91. The van der Waals surface area contributed by atoms with Crippen molar-refractivity contribution in [3.8, 4) is 0 Å². The van der Waals surface area contributed by atoms with Crippen LogP contribution in [0.4, 0.5) is 26.5 Å². The van der Waals surface area contributed by atoms with E-state index in [9.17, 15) is 14.0 Å². The first-order valence-electron chi connectivity index (χ1n) is 9.30. The van der Waals surface area contributed by atoms with E-state index in [1.807, 2.05) is 4.90 Å².